The molecule has 0 amide bonds. The van der Waals surface area contributed by atoms with E-state index in [4.69, 9.17) is 4.74 Å². The Labute approximate surface area is 113 Å². The van der Waals surface area contributed by atoms with Crippen molar-refractivity contribution in [2.75, 3.05) is 13.7 Å². The highest BCUT2D eigenvalue weighted by Gasteiger charge is 2.18. The van der Waals surface area contributed by atoms with E-state index < -0.39 is 0 Å². The molecule has 0 bridgehead atoms. The van der Waals surface area contributed by atoms with E-state index >= 15 is 0 Å². The first-order valence-corrected chi connectivity index (χ1v) is 7.48. The van der Waals surface area contributed by atoms with E-state index in [9.17, 15) is 0 Å². The van der Waals surface area contributed by atoms with E-state index in [-0.39, 0.29) is 0 Å². The second-order valence-electron chi connectivity index (χ2n) is 4.96. The van der Waals surface area contributed by atoms with Crippen molar-refractivity contribution in [3.63, 3.8) is 0 Å². The number of nitrogens with zero attached hydrogens (tertiary/aromatic N) is 1. The third-order valence-electron chi connectivity index (χ3n) is 3.43. The summed E-state index contributed by atoms with van der Waals surface area (Å²) < 4.78 is 5.81. The Morgan fingerprint density at radius 1 is 1.44 bits per heavy atom. The molecule has 3 nitrogen and oxygen atoms in total. The molecule has 0 fully saturated rings. The van der Waals surface area contributed by atoms with E-state index in [0.717, 1.165) is 36.2 Å². The van der Waals surface area contributed by atoms with Gasteiger partial charge in [0.05, 0.1) is 18.9 Å². The van der Waals surface area contributed by atoms with Gasteiger partial charge in [-0.1, -0.05) is 19.1 Å². The van der Waals surface area contributed by atoms with Crippen LogP contribution in [-0.2, 0) is 17.9 Å². The highest BCUT2D eigenvalue weighted by molar-refractivity contribution is 7.09. The molecule has 1 aliphatic carbocycles. The first kappa shape index (κ1) is 13.7. The number of rotatable bonds is 6. The molecule has 0 aromatic carbocycles. The van der Waals surface area contributed by atoms with Crippen LogP contribution < -0.4 is 5.32 Å². The van der Waals surface area contributed by atoms with Gasteiger partial charge in [0.15, 0.2) is 0 Å². The molecular formula is C14H22N2OS. The topological polar surface area (TPSA) is 34.2 Å². The average Bonchev–Trinajstić information content (AvgIpc) is 2.80. The van der Waals surface area contributed by atoms with Gasteiger partial charge < -0.3 is 10.1 Å². The van der Waals surface area contributed by atoms with E-state index in [1.807, 2.05) is 7.05 Å². The smallest absolute Gasteiger partial charge is 0.107 e. The van der Waals surface area contributed by atoms with Gasteiger partial charge in [-0.05, 0) is 31.7 Å². The molecular weight excluding hydrogens is 244 g/mol. The van der Waals surface area contributed by atoms with Gasteiger partial charge in [0.2, 0.25) is 0 Å². The fourth-order valence-corrected chi connectivity index (χ4v) is 2.99. The highest BCUT2D eigenvalue weighted by Crippen LogP contribution is 2.25. The molecule has 4 heteroatoms. The minimum atomic E-state index is 0.646. The molecule has 2 unspecified atom stereocenters. The van der Waals surface area contributed by atoms with Crippen molar-refractivity contribution >= 4 is 11.3 Å². The highest BCUT2D eigenvalue weighted by atomic mass is 32.1. The first-order chi connectivity index (χ1) is 8.79. The molecule has 1 aromatic heterocycles. The average molecular weight is 266 g/mol. The number of hydrogen-bond acceptors (Lipinski definition) is 4. The summed E-state index contributed by atoms with van der Waals surface area (Å²) in [5, 5.41) is 6.33. The summed E-state index contributed by atoms with van der Waals surface area (Å²) in [6, 6.07) is 0. The standard InChI is InChI=1S/C14H22N2OS/c1-11-5-3-4-6-12(11)8-17-9-13-10-18-14(16-13)7-15-2/h3-4,10-12,15H,5-9H2,1-2H3. The van der Waals surface area contributed by atoms with Crippen LogP contribution in [0.25, 0.3) is 0 Å². The Balaban J connectivity index is 1.72. The molecule has 1 aliphatic rings. The van der Waals surface area contributed by atoms with Gasteiger partial charge in [-0.2, -0.15) is 0 Å². The second kappa shape index (κ2) is 7.02. The van der Waals surface area contributed by atoms with Crippen molar-refractivity contribution in [3.05, 3.63) is 28.2 Å². The summed E-state index contributed by atoms with van der Waals surface area (Å²) in [5.74, 6) is 1.41. The quantitative estimate of drug-likeness (QED) is 0.804. The predicted molar refractivity (Wildman–Crippen MR) is 75.6 cm³/mol. The molecule has 1 heterocycles. The summed E-state index contributed by atoms with van der Waals surface area (Å²) in [7, 11) is 1.94. The van der Waals surface area contributed by atoms with Crippen LogP contribution in [0.5, 0.6) is 0 Å². The van der Waals surface area contributed by atoms with Crippen LogP contribution >= 0.6 is 11.3 Å². The lowest BCUT2D eigenvalue weighted by Gasteiger charge is -2.24. The molecule has 100 valence electrons. The number of allylic oxidation sites excluding steroid dienone is 2. The molecule has 0 saturated carbocycles. The van der Waals surface area contributed by atoms with Gasteiger partial charge in [-0.3, -0.25) is 0 Å². The zero-order valence-corrected chi connectivity index (χ0v) is 12.0. The van der Waals surface area contributed by atoms with Crippen molar-refractivity contribution in [3.8, 4) is 0 Å². The molecule has 0 saturated heterocycles. The van der Waals surface area contributed by atoms with Crippen LogP contribution in [0, 0.1) is 11.8 Å². The Bertz CT molecular complexity index is 389. The number of thiazole rings is 1. The SMILES string of the molecule is CNCc1nc(COCC2CC=CCC2C)cs1. The molecule has 2 rings (SSSR count). The largest absolute Gasteiger partial charge is 0.375 e. The van der Waals surface area contributed by atoms with Gasteiger partial charge in [0.1, 0.15) is 5.01 Å². The normalized spacial score (nSPS) is 23.4. The number of hydrogen-bond donors (Lipinski definition) is 1. The molecule has 18 heavy (non-hydrogen) atoms. The minimum absolute atomic E-state index is 0.646. The number of aromatic nitrogens is 1. The Kier molecular flexibility index (Phi) is 5.35. The Morgan fingerprint density at radius 2 is 2.28 bits per heavy atom. The van der Waals surface area contributed by atoms with E-state index in [0.29, 0.717) is 12.5 Å². The summed E-state index contributed by atoms with van der Waals surface area (Å²) in [6.45, 7) is 4.65. The third kappa shape index (κ3) is 3.90. The fraction of sp³-hybridized carbons (Fsp3) is 0.643. The lowest BCUT2D eigenvalue weighted by molar-refractivity contribution is 0.0664. The summed E-state index contributed by atoms with van der Waals surface area (Å²) in [5.41, 5.74) is 1.06. The predicted octanol–water partition coefficient (Wildman–Crippen LogP) is 2.98. The summed E-state index contributed by atoms with van der Waals surface area (Å²) in [6.07, 6.45) is 6.91. The zero-order chi connectivity index (χ0) is 12.8. The molecule has 0 spiro atoms. The summed E-state index contributed by atoms with van der Waals surface area (Å²) in [4.78, 5) is 4.52. The van der Waals surface area contributed by atoms with Crippen molar-refractivity contribution in [1.29, 1.82) is 0 Å². The lowest BCUT2D eigenvalue weighted by Crippen LogP contribution is -2.19. The van der Waals surface area contributed by atoms with Crippen molar-refractivity contribution in [2.45, 2.75) is 32.9 Å². The van der Waals surface area contributed by atoms with Gasteiger partial charge in [-0.15, -0.1) is 11.3 Å². The monoisotopic (exact) mass is 266 g/mol. The van der Waals surface area contributed by atoms with Crippen molar-refractivity contribution in [2.24, 2.45) is 11.8 Å². The van der Waals surface area contributed by atoms with Crippen molar-refractivity contribution in [1.82, 2.24) is 10.3 Å². The van der Waals surface area contributed by atoms with E-state index in [1.165, 1.54) is 6.42 Å². The maximum absolute atomic E-state index is 5.81. The van der Waals surface area contributed by atoms with E-state index in [2.05, 4.69) is 34.8 Å². The van der Waals surface area contributed by atoms with Gasteiger partial charge in [-0.25, -0.2) is 4.98 Å². The second-order valence-corrected chi connectivity index (χ2v) is 5.90. The zero-order valence-electron chi connectivity index (χ0n) is 11.2. The molecule has 0 radical (unpaired) electrons. The third-order valence-corrected chi connectivity index (χ3v) is 4.32. The lowest BCUT2D eigenvalue weighted by atomic mass is 9.85. The maximum atomic E-state index is 5.81. The van der Waals surface area contributed by atoms with Gasteiger partial charge in [0, 0.05) is 11.9 Å². The van der Waals surface area contributed by atoms with Crippen LogP contribution in [0.1, 0.15) is 30.5 Å². The Hall–Kier alpha value is -0.710. The van der Waals surface area contributed by atoms with Crippen molar-refractivity contribution < 1.29 is 4.74 Å². The molecule has 1 aromatic rings. The molecule has 0 aliphatic heterocycles. The Morgan fingerprint density at radius 3 is 3.06 bits per heavy atom. The van der Waals surface area contributed by atoms with Crippen LogP contribution in [0.15, 0.2) is 17.5 Å². The van der Waals surface area contributed by atoms with Crippen LogP contribution in [0.3, 0.4) is 0 Å². The van der Waals surface area contributed by atoms with Gasteiger partial charge >= 0.3 is 0 Å². The van der Waals surface area contributed by atoms with Crippen LogP contribution in [0.2, 0.25) is 0 Å². The van der Waals surface area contributed by atoms with Gasteiger partial charge in [0.25, 0.3) is 0 Å². The van der Waals surface area contributed by atoms with Crippen LogP contribution in [-0.4, -0.2) is 18.6 Å². The maximum Gasteiger partial charge on any atom is 0.107 e. The summed E-state index contributed by atoms with van der Waals surface area (Å²) >= 11 is 1.70. The van der Waals surface area contributed by atoms with E-state index in [1.54, 1.807) is 11.3 Å². The number of nitrogens with one attached hydrogen (secondary N) is 1. The first-order valence-electron chi connectivity index (χ1n) is 6.60. The fourth-order valence-electron chi connectivity index (χ4n) is 2.20. The molecule has 1 N–H and O–H groups in total. The number of ether oxygens (including phenoxy) is 1. The minimum Gasteiger partial charge on any atom is -0.375 e. The molecule has 2 atom stereocenters. The van der Waals surface area contributed by atoms with Crippen LogP contribution in [0.4, 0.5) is 0 Å².